The van der Waals surface area contributed by atoms with E-state index in [-0.39, 0.29) is 18.3 Å². The Hall–Kier alpha value is -3.75. The number of hydrogen-bond acceptors (Lipinski definition) is 5. The lowest BCUT2D eigenvalue weighted by Crippen LogP contribution is -2.58. The second-order valence-corrected chi connectivity index (χ2v) is 7.49. The van der Waals surface area contributed by atoms with Crippen LogP contribution in [0.5, 0.6) is 0 Å². The molecule has 32 heavy (non-hydrogen) atoms. The molecule has 9 heteroatoms. The number of alkyl halides is 3. The van der Waals surface area contributed by atoms with Crippen LogP contribution in [0.2, 0.25) is 0 Å². The molecule has 2 heterocycles. The maximum absolute atomic E-state index is 14.5. The molecule has 1 amide bonds. The molecule has 0 spiro atoms. The van der Waals surface area contributed by atoms with Crippen molar-refractivity contribution in [3.63, 3.8) is 0 Å². The molecule has 0 saturated heterocycles. The lowest BCUT2D eigenvalue weighted by molar-refractivity contribution is -0.185. The highest BCUT2D eigenvalue weighted by Crippen LogP contribution is 2.41. The van der Waals surface area contributed by atoms with Gasteiger partial charge in [-0.1, -0.05) is 60.7 Å². The Bertz CT molecular complexity index is 1150. The fourth-order valence-electron chi connectivity index (χ4n) is 3.56. The van der Waals surface area contributed by atoms with Gasteiger partial charge in [-0.25, -0.2) is 15.0 Å². The van der Waals surface area contributed by atoms with Gasteiger partial charge in [-0.15, -0.1) is 0 Å². The van der Waals surface area contributed by atoms with Crippen molar-refractivity contribution >= 4 is 17.7 Å². The second-order valence-electron chi connectivity index (χ2n) is 7.49. The molecule has 1 aliphatic heterocycles. The molecule has 0 radical (unpaired) electrons. The SMILES string of the molecule is Cc1cc(C)nc(NC2(C(F)(F)F)N=C(c3ccccc3)N(Cc3ccccc3)C2=O)n1. The molecule has 0 fully saturated rings. The average Bonchev–Trinajstić information content (AvgIpc) is 3.02. The number of carbonyl (C=O) groups excluding carboxylic acids is 1. The quantitative estimate of drug-likeness (QED) is 0.645. The molecule has 0 aliphatic carbocycles. The van der Waals surface area contributed by atoms with Gasteiger partial charge in [0, 0.05) is 17.0 Å². The maximum Gasteiger partial charge on any atom is 0.442 e. The summed E-state index contributed by atoms with van der Waals surface area (Å²) in [5.41, 5.74) is -1.24. The number of benzene rings is 2. The van der Waals surface area contributed by atoms with Crippen LogP contribution in [0.25, 0.3) is 0 Å². The lowest BCUT2D eigenvalue weighted by Gasteiger charge is -2.29. The third-order valence-corrected chi connectivity index (χ3v) is 4.98. The van der Waals surface area contributed by atoms with E-state index in [9.17, 15) is 18.0 Å². The summed E-state index contributed by atoms with van der Waals surface area (Å²) in [7, 11) is 0. The monoisotopic (exact) mass is 439 g/mol. The molecular weight excluding hydrogens is 419 g/mol. The summed E-state index contributed by atoms with van der Waals surface area (Å²) >= 11 is 0. The highest BCUT2D eigenvalue weighted by Gasteiger charge is 2.67. The number of aliphatic imine (C=N–C) groups is 1. The summed E-state index contributed by atoms with van der Waals surface area (Å²) in [5.74, 6) is -1.63. The van der Waals surface area contributed by atoms with Crippen molar-refractivity contribution < 1.29 is 18.0 Å². The Morgan fingerprint density at radius 1 is 0.938 bits per heavy atom. The lowest BCUT2D eigenvalue weighted by atomic mass is 10.1. The van der Waals surface area contributed by atoms with Crippen LogP contribution in [-0.2, 0) is 11.3 Å². The molecule has 3 aromatic rings. The van der Waals surface area contributed by atoms with Crippen LogP contribution in [0.4, 0.5) is 19.1 Å². The fraction of sp³-hybridized carbons (Fsp3) is 0.217. The Balaban J connectivity index is 1.85. The van der Waals surface area contributed by atoms with E-state index in [0.29, 0.717) is 22.5 Å². The van der Waals surface area contributed by atoms with Crippen LogP contribution in [0.1, 0.15) is 22.5 Å². The zero-order valence-electron chi connectivity index (χ0n) is 17.4. The number of aryl methyl sites for hydroxylation is 2. The number of halogens is 3. The van der Waals surface area contributed by atoms with Crippen molar-refractivity contribution in [2.24, 2.45) is 4.99 Å². The molecule has 6 nitrogen and oxygen atoms in total. The zero-order chi connectivity index (χ0) is 22.9. The van der Waals surface area contributed by atoms with Crippen molar-refractivity contribution in [1.29, 1.82) is 0 Å². The summed E-state index contributed by atoms with van der Waals surface area (Å²) in [6.07, 6.45) is -5.05. The first-order valence-corrected chi connectivity index (χ1v) is 9.88. The molecule has 1 aliphatic rings. The number of hydrogen-bond donors (Lipinski definition) is 1. The number of rotatable bonds is 5. The topological polar surface area (TPSA) is 70.5 Å². The number of aromatic nitrogens is 2. The van der Waals surface area contributed by atoms with Gasteiger partial charge in [0.1, 0.15) is 5.84 Å². The van der Waals surface area contributed by atoms with Crippen LogP contribution >= 0.6 is 0 Å². The second kappa shape index (κ2) is 8.07. The van der Waals surface area contributed by atoms with Gasteiger partial charge in [-0.05, 0) is 25.5 Å². The van der Waals surface area contributed by atoms with Crippen LogP contribution in [-0.4, -0.2) is 38.4 Å². The average molecular weight is 439 g/mol. The van der Waals surface area contributed by atoms with E-state index in [1.54, 1.807) is 80.6 Å². The van der Waals surface area contributed by atoms with Gasteiger partial charge in [0.05, 0.1) is 6.54 Å². The Labute approximate surface area is 182 Å². The van der Waals surface area contributed by atoms with Gasteiger partial charge in [-0.3, -0.25) is 9.69 Å². The van der Waals surface area contributed by atoms with Gasteiger partial charge in [0.25, 0.3) is 5.91 Å². The predicted molar refractivity (Wildman–Crippen MR) is 114 cm³/mol. The third kappa shape index (κ3) is 3.93. The van der Waals surface area contributed by atoms with Crippen molar-refractivity contribution in [1.82, 2.24) is 14.9 Å². The molecule has 2 aromatic carbocycles. The van der Waals surface area contributed by atoms with Crippen LogP contribution in [0.15, 0.2) is 71.7 Å². The molecule has 0 bridgehead atoms. The summed E-state index contributed by atoms with van der Waals surface area (Å²) in [4.78, 5) is 26.5. The molecule has 164 valence electrons. The van der Waals surface area contributed by atoms with E-state index < -0.39 is 17.7 Å². The molecule has 1 aromatic heterocycles. The maximum atomic E-state index is 14.5. The zero-order valence-corrected chi connectivity index (χ0v) is 17.4. The minimum atomic E-state index is -5.05. The first-order chi connectivity index (χ1) is 15.2. The number of anilines is 1. The van der Waals surface area contributed by atoms with Gasteiger partial charge in [0.15, 0.2) is 0 Å². The minimum Gasteiger partial charge on any atom is -0.314 e. The van der Waals surface area contributed by atoms with E-state index in [1.807, 2.05) is 0 Å². The van der Waals surface area contributed by atoms with Gasteiger partial charge in [-0.2, -0.15) is 13.2 Å². The largest absolute Gasteiger partial charge is 0.442 e. The standard InChI is InChI=1S/C23H20F3N5O/c1-15-13-16(2)28-21(27-15)30-22(23(24,25)26)20(32)31(14-17-9-5-3-6-10-17)19(29-22)18-11-7-4-8-12-18/h3-13H,14H2,1-2H3,(H,27,28,30). The van der Waals surface area contributed by atoms with Crippen LogP contribution in [0, 0.1) is 13.8 Å². The fourth-order valence-corrected chi connectivity index (χ4v) is 3.56. The van der Waals surface area contributed by atoms with E-state index in [1.165, 1.54) is 0 Å². The van der Waals surface area contributed by atoms with Crippen LogP contribution in [0.3, 0.4) is 0 Å². The van der Waals surface area contributed by atoms with E-state index >= 15 is 0 Å². The highest BCUT2D eigenvalue weighted by atomic mass is 19.4. The van der Waals surface area contributed by atoms with E-state index in [4.69, 9.17) is 0 Å². The van der Waals surface area contributed by atoms with Gasteiger partial charge < -0.3 is 5.32 Å². The molecule has 4 rings (SSSR count). The Kier molecular flexibility index (Phi) is 5.41. The third-order valence-electron chi connectivity index (χ3n) is 4.98. The van der Waals surface area contributed by atoms with Gasteiger partial charge in [0.2, 0.25) is 5.95 Å². The number of nitrogens with one attached hydrogen (secondary N) is 1. The molecule has 1 N–H and O–H groups in total. The number of amides is 1. The molecule has 1 unspecified atom stereocenters. The summed E-state index contributed by atoms with van der Waals surface area (Å²) < 4.78 is 43.4. The normalized spacial score (nSPS) is 18.6. The predicted octanol–water partition coefficient (Wildman–Crippen LogP) is 4.25. The molecule has 1 atom stereocenters. The highest BCUT2D eigenvalue weighted by molar-refractivity contribution is 6.16. The first-order valence-electron chi connectivity index (χ1n) is 9.88. The molecule has 0 saturated carbocycles. The Morgan fingerprint density at radius 3 is 2.06 bits per heavy atom. The van der Waals surface area contributed by atoms with Crippen LogP contribution < -0.4 is 5.32 Å². The van der Waals surface area contributed by atoms with Crippen molar-refractivity contribution in [2.45, 2.75) is 32.2 Å². The summed E-state index contributed by atoms with van der Waals surface area (Å²) in [6.45, 7) is 3.20. The Morgan fingerprint density at radius 2 is 1.50 bits per heavy atom. The van der Waals surface area contributed by atoms with Crippen molar-refractivity contribution in [3.8, 4) is 0 Å². The molecular formula is C23H20F3N5O. The number of carbonyl (C=O) groups is 1. The van der Waals surface area contributed by atoms with E-state index in [0.717, 1.165) is 4.90 Å². The number of nitrogens with zero attached hydrogens (tertiary/aromatic N) is 4. The van der Waals surface area contributed by atoms with Crippen molar-refractivity contribution in [2.75, 3.05) is 5.32 Å². The smallest absolute Gasteiger partial charge is 0.314 e. The summed E-state index contributed by atoms with van der Waals surface area (Å²) in [5, 5.41) is 2.22. The van der Waals surface area contributed by atoms with Crippen molar-refractivity contribution in [3.05, 3.63) is 89.2 Å². The number of amidine groups is 1. The first kappa shape index (κ1) is 21.5. The van der Waals surface area contributed by atoms with E-state index in [2.05, 4.69) is 20.3 Å². The minimum absolute atomic E-state index is 0.0688. The summed E-state index contributed by atoms with van der Waals surface area (Å²) in [6, 6.07) is 18.7. The van der Waals surface area contributed by atoms with Gasteiger partial charge >= 0.3 is 11.8 Å².